The molecule has 1 unspecified atom stereocenters. The van der Waals surface area contributed by atoms with Crippen LogP contribution in [0.3, 0.4) is 0 Å². The van der Waals surface area contributed by atoms with E-state index >= 15 is 0 Å². The molecule has 0 aliphatic carbocycles. The zero-order chi connectivity index (χ0) is 13.9. The Morgan fingerprint density at radius 2 is 1.95 bits per heavy atom. The fourth-order valence-electron chi connectivity index (χ4n) is 3.33. The van der Waals surface area contributed by atoms with Gasteiger partial charge in [-0.1, -0.05) is 18.2 Å². The standard InChI is InChI=1S/C16H21FN2O/c17-14-5-2-1-4-13(14)12-7-10-19(11-8-12)16(20)15-6-3-9-18-15/h1-2,4-5,12,15,18H,3,6-11H2. The molecular formula is C16H21FN2O. The predicted molar refractivity (Wildman–Crippen MR) is 76.0 cm³/mol. The van der Waals surface area contributed by atoms with E-state index in [1.165, 1.54) is 6.07 Å². The summed E-state index contributed by atoms with van der Waals surface area (Å²) in [5.74, 6) is 0.362. The Balaban J connectivity index is 1.59. The van der Waals surface area contributed by atoms with Crippen LogP contribution in [-0.4, -0.2) is 36.5 Å². The molecule has 2 aliphatic rings. The van der Waals surface area contributed by atoms with Gasteiger partial charge in [0.05, 0.1) is 6.04 Å². The topological polar surface area (TPSA) is 32.3 Å². The summed E-state index contributed by atoms with van der Waals surface area (Å²) in [5.41, 5.74) is 0.804. The van der Waals surface area contributed by atoms with E-state index in [1.54, 1.807) is 6.07 Å². The van der Waals surface area contributed by atoms with Crippen LogP contribution >= 0.6 is 0 Å². The maximum Gasteiger partial charge on any atom is 0.239 e. The van der Waals surface area contributed by atoms with Gasteiger partial charge in [-0.15, -0.1) is 0 Å². The summed E-state index contributed by atoms with van der Waals surface area (Å²) in [6.45, 7) is 2.44. The molecule has 2 saturated heterocycles. The monoisotopic (exact) mass is 276 g/mol. The molecule has 20 heavy (non-hydrogen) atoms. The molecule has 0 bridgehead atoms. The van der Waals surface area contributed by atoms with Crippen LogP contribution in [-0.2, 0) is 4.79 Å². The Bertz CT molecular complexity index is 477. The first-order valence-corrected chi connectivity index (χ1v) is 7.52. The van der Waals surface area contributed by atoms with E-state index in [4.69, 9.17) is 0 Å². The molecule has 3 nitrogen and oxygen atoms in total. The number of piperidine rings is 1. The molecule has 1 N–H and O–H groups in total. The van der Waals surface area contributed by atoms with Gasteiger partial charge in [0.1, 0.15) is 5.82 Å². The fraction of sp³-hybridized carbons (Fsp3) is 0.562. The highest BCUT2D eigenvalue weighted by Gasteiger charge is 2.30. The minimum absolute atomic E-state index is 0.0139. The van der Waals surface area contributed by atoms with Gasteiger partial charge in [-0.2, -0.15) is 0 Å². The summed E-state index contributed by atoms with van der Waals surface area (Å²) in [6.07, 6.45) is 3.76. The van der Waals surface area contributed by atoms with Crippen LogP contribution in [0.15, 0.2) is 24.3 Å². The zero-order valence-electron chi connectivity index (χ0n) is 11.6. The molecular weight excluding hydrogens is 255 g/mol. The molecule has 1 aromatic rings. The van der Waals surface area contributed by atoms with Gasteiger partial charge in [-0.3, -0.25) is 4.79 Å². The highest BCUT2D eigenvalue weighted by Crippen LogP contribution is 2.30. The fourth-order valence-corrected chi connectivity index (χ4v) is 3.33. The van der Waals surface area contributed by atoms with E-state index in [1.807, 2.05) is 17.0 Å². The molecule has 2 aliphatic heterocycles. The van der Waals surface area contributed by atoms with Gasteiger partial charge in [-0.25, -0.2) is 4.39 Å². The number of hydrogen-bond donors (Lipinski definition) is 1. The number of carbonyl (C=O) groups is 1. The zero-order valence-corrected chi connectivity index (χ0v) is 11.6. The molecule has 4 heteroatoms. The second kappa shape index (κ2) is 5.92. The third-order valence-corrected chi connectivity index (χ3v) is 4.51. The smallest absolute Gasteiger partial charge is 0.239 e. The number of carbonyl (C=O) groups excluding carboxylic acids is 1. The Labute approximate surface area is 119 Å². The van der Waals surface area contributed by atoms with Crippen LogP contribution in [0.1, 0.15) is 37.2 Å². The van der Waals surface area contributed by atoms with Gasteiger partial charge in [0.2, 0.25) is 5.91 Å². The van der Waals surface area contributed by atoms with Crippen molar-refractivity contribution < 1.29 is 9.18 Å². The number of nitrogens with one attached hydrogen (secondary N) is 1. The maximum absolute atomic E-state index is 13.8. The lowest BCUT2D eigenvalue weighted by Crippen LogP contribution is -2.46. The van der Waals surface area contributed by atoms with Crippen LogP contribution < -0.4 is 5.32 Å². The molecule has 0 radical (unpaired) electrons. The van der Waals surface area contributed by atoms with Crippen LogP contribution in [0.4, 0.5) is 4.39 Å². The Hall–Kier alpha value is -1.42. The molecule has 0 saturated carbocycles. The van der Waals surface area contributed by atoms with E-state index in [9.17, 15) is 9.18 Å². The first kappa shape index (κ1) is 13.6. The molecule has 1 aromatic carbocycles. The number of amides is 1. The molecule has 0 spiro atoms. The lowest BCUT2D eigenvalue weighted by Gasteiger charge is -2.33. The van der Waals surface area contributed by atoms with Gasteiger partial charge >= 0.3 is 0 Å². The summed E-state index contributed by atoms with van der Waals surface area (Å²) in [5, 5.41) is 3.25. The third kappa shape index (κ3) is 2.70. The number of halogens is 1. The van der Waals surface area contributed by atoms with Crippen LogP contribution in [0.2, 0.25) is 0 Å². The average molecular weight is 276 g/mol. The van der Waals surface area contributed by atoms with Crippen LogP contribution in [0, 0.1) is 5.82 Å². The Morgan fingerprint density at radius 3 is 2.60 bits per heavy atom. The van der Waals surface area contributed by atoms with Gasteiger partial charge in [0, 0.05) is 13.1 Å². The number of rotatable bonds is 2. The summed E-state index contributed by atoms with van der Waals surface area (Å²) in [4.78, 5) is 14.2. The van der Waals surface area contributed by atoms with Crippen LogP contribution in [0.5, 0.6) is 0 Å². The van der Waals surface area contributed by atoms with Crippen molar-refractivity contribution in [3.8, 4) is 0 Å². The molecule has 2 fully saturated rings. The number of nitrogens with zero attached hydrogens (tertiary/aromatic N) is 1. The highest BCUT2D eigenvalue weighted by molar-refractivity contribution is 5.82. The van der Waals surface area contributed by atoms with Crippen molar-refractivity contribution in [2.75, 3.05) is 19.6 Å². The van der Waals surface area contributed by atoms with Crippen molar-refractivity contribution >= 4 is 5.91 Å². The third-order valence-electron chi connectivity index (χ3n) is 4.51. The first-order chi connectivity index (χ1) is 9.75. The minimum atomic E-state index is -0.116. The van der Waals surface area contributed by atoms with Crippen molar-refractivity contribution in [2.24, 2.45) is 0 Å². The molecule has 3 rings (SSSR count). The van der Waals surface area contributed by atoms with Crippen molar-refractivity contribution in [2.45, 2.75) is 37.6 Å². The Morgan fingerprint density at radius 1 is 1.20 bits per heavy atom. The summed E-state index contributed by atoms with van der Waals surface area (Å²) < 4.78 is 13.8. The SMILES string of the molecule is O=C(C1CCCN1)N1CCC(c2ccccc2F)CC1. The number of benzene rings is 1. The molecule has 1 atom stereocenters. The van der Waals surface area contributed by atoms with E-state index in [2.05, 4.69) is 5.32 Å². The number of hydrogen-bond acceptors (Lipinski definition) is 2. The van der Waals surface area contributed by atoms with Gasteiger partial charge in [0.15, 0.2) is 0 Å². The van der Waals surface area contributed by atoms with Crippen molar-refractivity contribution in [3.63, 3.8) is 0 Å². The molecule has 1 amide bonds. The summed E-state index contributed by atoms with van der Waals surface area (Å²) in [6, 6.07) is 7.02. The van der Waals surface area contributed by atoms with Gasteiger partial charge < -0.3 is 10.2 Å². The quantitative estimate of drug-likeness (QED) is 0.899. The van der Waals surface area contributed by atoms with Gasteiger partial charge in [-0.05, 0) is 49.8 Å². The minimum Gasteiger partial charge on any atom is -0.341 e. The van der Waals surface area contributed by atoms with Crippen molar-refractivity contribution in [1.29, 1.82) is 0 Å². The lowest BCUT2D eigenvalue weighted by atomic mass is 9.89. The maximum atomic E-state index is 13.8. The normalized spacial score (nSPS) is 24.1. The molecule has 2 heterocycles. The Kier molecular flexibility index (Phi) is 4.01. The molecule has 0 aromatic heterocycles. The van der Waals surface area contributed by atoms with Crippen LogP contribution in [0.25, 0.3) is 0 Å². The van der Waals surface area contributed by atoms with E-state index in [0.717, 1.165) is 50.9 Å². The van der Waals surface area contributed by atoms with Crippen molar-refractivity contribution in [1.82, 2.24) is 10.2 Å². The van der Waals surface area contributed by atoms with Crippen molar-refractivity contribution in [3.05, 3.63) is 35.6 Å². The largest absolute Gasteiger partial charge is 0.341 e. The highest BCUT2D eigenvalue weighted by atomic mass is 19.1. The predicted octanol–water partition coefficient (Wildman–Crippen LogP) is 2.28. The second-order valence-corrected chi connectivity index (χ2v) is 5.77. The second-order valence-electron chi connectivity index (χ2n) is 5.77. The molecule has 108 valence electrons. The van der Waals surface area contributed by atoms with E-state index in [0.29, 0.717) is 0 Å². The average Bonchev–Trinajstić information content (AvgIpc) is 3.01. The first-order valence-electron chi connectivity index (χ1n) is 7.52. The van der Waals surface area contributed by atoms with Gasteiger partial charge in [0.25, 0.3) is 0 Å². The number of likely N-dealkylation sites (tertiary alicyclic amines) is 1. The van der Waals surface area contributed by atoms with E-state index < -0.39 is 0 Å². The van der Waals surface area contributed by atoms with E-state index in [-0.39, 0.29) is 23.7 Å². The lowest BCUT2D eigenvalue weighted by molar-refractivity contribution is -0.134. The summed E-state index contributed by atoms with van der Waals surface area (Å²) >= 11 is 0. The summed E-state index contributed by atoms with van der Waals surface area (Å²) in [7, 11) is 0.